The number of nitrogens with one attached hydrogen (secondary N) is 1. The van der Waals surface area contributed by atoms with Crippen LogP contribution in [0, 0.1) is 6.92 Å². The fraction of sp³-hybridized carbons (Fsp3) is 0.267. The minimum Gasteiger partial charge on any atom is -0.486 e. The van der Waals surface area contributed by atoms with Gasteiger partial charge in [-0.2, -0.15) is 0 Å². The first-order valence-electron chi connectivity index (χ1n) is 6.48. The summed E-state index contributed by atoms with van der Waals surface area (Å²) in [6, 6.07) is 9.90. The van der Waals surface area contributed by atoms with Crippen molar-refractivity contribution in [2.45, 2.75) is 13.5 Å². The van der Waals surface area contributed by atoms with Crippen molar-refractivity contribution in [3.8, 4) is 11.5 Å². The second-order valence-electron chi connectivity index (χ2n) is 4.56. The first-order chi connectivity index (χ1) is 9.74. The highest BCUT2D eigenvalue weighted by Crippen LogP contribution is 2.34. The van der Waals surface area contributed by atoms with E-state index >= 15 is 0 Å². The molecule has 0 aliphatic carbocycles. The molecule has 104 valence electrons. The number of rotatable bonds is 3. The van der Waals surface area contributed by atoms with Gasteiger partial charge in [-0.25, -0.2) is 4.98 Å². The van der Waals surface area contributed by atoms with Gasteiger partial charge in [0.15, 0.2) is 11.5 Å². The van der Waals surface area contributed by atoms with E-state index in [1.54, 1.807) is 0 Å². The Kier molecular flexibility index (Phi) is 3.78. The minimum absolute atomic E-state index is 0.600. The molecule has 3 rings (SSSR count). The van der Waals surface area contributed by atoms with Gasteiger partial charge in [0.05, 0.1) is 11.4 Å². The largest absolute Gasteiger partial charge is 0.486 e. The number of aryl methyl sites for hydroxylation is 1. The van der Waals surface area contributed by atoms with Crippen LogP contribution in [-0.4, -0.2) is 18.2 Å². The number of pyridine rings is 1. The zero-order valence-electron chi connectivity index (χ0n) is 11.1. The van der Waals surface area contributed by atoms with Gasteiger partial charge in [-0.3, -0.25) is 0 Å². The Morgan fingerprint density at radius 2 is 2.05 bits per heavy atom. The maximum absolute atomic E-state index is 5.70. The molecule has 4 nitrogen and oxygen atoms in total. The van der Waals surface area contributed by atoms with Crippen molar-refractivity contribution in [3.63, 3.8) is 0 Å². The van der Waals surface area contributed by atoms with Gasteiger partial charge in [-0.05, 0) is 41.1 Å². The van der Waals surface area contributed by atoms with Crippen LogP contribution in [-0.2, 0) is 6.54 Å². The molecule has 1 N–H and O–H groups in total. The molecule has 0 bridgehead atoms. The SMILES string of the molecule is Cc1nc(Br)ccc1NCc1cccc2c1OCCO2. The average Bonchev–Trinajstić information content (AvgIpc) is 2.46. The quantitative estimate of drug-likeness (QED) is 0.872. The summed E-state index contributed by atoms with van der Waals surface area (Å²) in [6.07, 6.45) is 0. The lowest BCUT2D eigenvalue weighted by Gasteiger charge is -2.21. The summed E-state index contributed by atoms with van der Waals surface area (Å²) in [5, 5.41) is 3.39. The van der Waals surface area contributed by atoms with Crippen LogP contribution in [0.5, 0.6) is 11.5 Å². The summed E-state index contributed by atoms with van der Waals surface area (Å²) in [7, 11) is 0. The highest BCUT2D eigenvalue weighted by molar-refractivity contribution is 9.10. The molecule has 0 saturated heterocycles. The molecular formula is C15H15BrN2O2. The normalized spacial score (nSPS) is 13.1. The third kappa shape index (κ3) is 2.72. The Hall–Kier alpha value is -1.75. The van der Waals surface area contributed by atoms with E-state index in [0.29, 0.717) is 19.8 Å². The number of hydrogen-bond donors (Lipinski definition) is 1. The molecule has 1 aliphatic rings. The number of benzene rings is 1. The van der Waals surface area contributed by atoms with E-state index in [9.17, 15) is 0 Å². The molecule has 0 atom stereocenters. The lowest BCUT2D eigenvalue weighted by atomic mass is 10.1. The molecular weight excluding hydrogens is 320 g/mol. The van der Waals surface area contributed by atoms with Crippen molar-refractivity contribution < 1.29 is 9.47 Å². The van der Waals surface area contributed by atoms with E-state index in [1.165, 1.54) is 0 Å². The zero-order valence-corrected chi connectivity index (χ0v) is 12.7. The Morgan fingerprint density at radius 3 is 2.90 bits per heavy atom. The predicted octanol–water partition coefficient (Wildman–Crippen LogP) is 3.54. The predicted molar refractivity (Wildman–Crippen MR) is 81.4 cm³/mol. The van der Waals surface area contributed by atoms with E-state index in [4.69, 9.17) is 9.47 Å². The van der Waals surface area contributed by atoms with Crippen molar-refractivity contribution in [1.82, 2.24) is 4.98 Å². The monoisotopic (exact) mass is 334 g/mol. The lowest BCUT2D eigenvalue weighted by Crippen LogP contribution is -2.17. The highest BCUT2D eigenvalue weighted by atomic mass is 79.9. The van der Waals surface area contributed by atoms with E-state index in [0.717, 1.165) is 33.0 Å². The number of hydrogen-bond acceptors (Lipinski definition) is 4. The van der Waals surface area contributed by atoms with Crippen LogP contribution in [0.1, 0.15) is 11.3 Å². The summed E-state index contributed by atoms with van der Waals surface area (Å²) in [4.78, 5) is 4.37. The Balaban J connectivity index is 1.78. The lowest BCUT2D eigenvalue weighted by molar-refractivity contribution is 0.170. The van der Waals surface area contributed by atoms with Crippen LogP contribution >= 0.6 is 15.9 Å². The van der Waals surface area contributed by atoms with Crippen molar-refractivity contribution in [3.05, 3.63) is 46.2 Å². The number of para-hydroxylation sites is 1. The maximum atomic E-state index is 5.70. The zero-order chi connectivity index (χ0) is 13.9. The first-order valence-corrected chi connectivity index (χ1v) is 7.28. The maximum Gasteiger partial charge on any atom is 0.166 e. The molecule has 20 heavy (non-hydrogen) atoms. The van der Waals surface area contributed by atoms with Crippen molar-refractivity contribution in [2.24, 2.45) is 0 Å². The van der Waals surface area contributed by atoms with Gasteiger partial charge in [-0.1, -0.05) is 12.1 Å². The molecule has 2 heterocycles. The molecule has 0 amide bonds. The summed E-state index contributed by atoms with van der Waals surface area (Å²) in [5.41, 5.74) is 3.06. The Bertz CT molecular complexity index is 631. The number of ether oxygens (including phenoxy) is 2. The van der Waals surface area contributed by atoms with Crippen LogP contribution in [0.2, 0.25) is 0 Å². The molecule has 0 unspecified atom stereocenters. The van der Waals surface area contributed by atoms with E-state index in [1.807, 2.05) is 37.3 Å². The molecule has 1 aromatic heterocycles. The van der Waals surface area contributed by atoms with Crippen molar-refractivity contribution in [2.75, 3.05) is 18.5 Å². The van der Waals surface area contributed by atoms with Gasteiger partial charge in [0, 0.05) is 12.1 Å². The molecule has 0 spiro atoms. The van der Waals surface area contributed by atoms with Crippen LogP contribution in [0.25, 0.3) is 0 Å². The molecule has 0 radical (unpaired) electrons. The topological polar surface area (TPSA) is 43.4 Å². The molecule has 1 aromatic carbocycles. The average molecular weight is 335 g/mol. The van der Waals surface area contributed by atoms with E-state index in [2.05, 4.69) is 26.2 Å². The minimum atomic E-state index is 0.600. The summed E-state index contributed by atoms with van der Waals surface area (Å²) in [6.45, 7) is 3.87. The third-order valence-electron chi connectivity index (χ3n) is 3.17. The van der Waals surface area contributed by atoms with Gasteiger partial charge in [-0.15, -0.1) is 0 Å². The second-order valence-corrected chi connectivity index (χ2v) is 5.37. The van der Waals surface area contributed by atoms with Crippen molar-refractivity contribution in [1.29, 1.82) is 0 Å². The van der Waals surface area contributed by atoms with Crippen LogP contribution in [0.4, 0.5) is 5.69 Å². The number of nitrogens with zero attached hydrogens (tertiary/aromatic N) is 1. The molecule has 0 fully saturated rings. The first kappa shape index (κ1) is 13.2. The third-order valence-corrected chi connectivity index (χ3v) is 3.61. The summed E-state index contributed by atoms with van der Waals surface area (Å²) >= 11 is 3.37. The Morgan fingerprint density at radius 1 is 1.20 bits per heavy atom. The van der Waals surface area contributed by atoms with Gasteiger partial charge >= 0.3 is 0 Å². The van der Waals surface area contributed by atoms with Crippen LogP contribution < -0.4 is 14.8 Å². The van der Waals surface area contributed by atoms with Crippen molar-refractivity contribution >= 4 is 21.6 Å². The van der Waals surface area contributed by atoms with Gasteiger partial charge in [0.2, 0.25) is 0 Å². The number of halogens is 1. The summed E-state index contributed by atoms with van der Waals surface area (Å²) < 4.78 is 12.1. The van der Waals surface area contributed by atoms with Crippen LogP contribution in [0.3, 0.4) is 0 Å². The van der Waals surface area contributed by atoms with Gasteiger partial charge in [0.25, 0.3) is 0 Å². The molecule has 1 aliphatic heterocycles. The Labute approximate surface area is 126 Å². The smallest absolute Gasteiger partial charge is 0.166 e. The number of anilines is 1. The van der Waals surface area contributed by atoms with E-state index in [-0.39, 0.29) is 0 Å². The van der Waals surface area contributed by atoms with Crippen LogP contribution in [0.15, 0.2) is 34.9 Å². The molecule has 2 aromatic rings. The molecule has 5 heteroatoms. The second kappa shape index (κ2) is 5.71. The fourth-order valence-electron chi connectivity index (χ4n) is 2.18. The number of aromatic nitrogens is 1. The molecule has 0 saturated carbocycles. The standard InChI is InChI=1S/C15H15BrN2O2/c1-10-12(5-6-14(16)18-10)17-9-11-3-2-4-13-15(11)20-8-7-19-13/h2-6,17H,7-9H2,1H3. The fourth-order valence-corrected chi connectivity index (χ4v) is 2.58. The number of fused-ring (bicyclic) bond motifs is 1. The highest BCUT2D eigenvalue weighted by Gasteiger charge is 2.15. The van der Waals surface area contributed by atoms with E-state index < -0.39 is 0 Å². The van der Waals surface area contributed by atoms with Gasteiger partial charge in [0.1, 0.15) is 17.8 Å². The summed E-state index contributed by atoms with van der Waals surface area (Å²) in [5.74, 6) is 1.66. The van der Waals surface area contributed by atoms with Gasteiger partial charge < -0.3 is 14.8 Å².